The first-order chi connectivity index (χ1) is 9.10. The summed E-state index contributed by atoms with van der Waals surface area (Å²) in [6.45, 7) is 3.93. The van der Waals surface area contributed by atoms with Crippen molar-refractivity contribution < 1.29 is 14.3 Å². The van der Waals surface area contributed by atoms with E-state index in [1.807, 2.05) is 6.92 Å². The molecule has 0 aliphatic rings. The third-order valence-electron chi connectivity index (χ3n) is 2.88. The normalized spacial score (nSPS) is 10.5. The molecule has 1 aromatic carbocycles. The van der Waals surface area contributed by atoms with Gasteiger partial charge >= 0.3 is 5.97 Å². The predicted molar refractivity (Wildman–Crippen MR) is 74.0 cm³/mol. The van der Waals surface area contributed by atoms with Crippen molar-refractivity contribution in [2.45, 2.75) is 13.8 Å². The molecule has 5 heteroatoms. The van der Waals surface area contributed by atoms with Gasteiger partial charge in [-0.05, 0) is 31.5 Å². The summed E-state index contributed by atoms with van der Waals surface area (Å²) in [5.41, 5.74) is 1.89. The van der Waals surface area contributed by atoms with Crippen molar-refractivity contribution in [1.29, 1.82) is 0 Å². The average molecular weight is 280 g/mol. The zero-order valence-corrected chi connectivity index (χ0v) is 11.7. The van der Waals surface area contributed by atoms with Crippen LogP contribution in [0.5, 0.6) is 5.75 Å². The molecule has 1 aromatic heterocycles. The number of methoxy groups -OCH3 is 1. The summed E-state index contributed by atoms with van der Waals surface area (Å²) >= 11 is 6.06. The maximum Gasteiger partial charge on any atom is 0.343 e. The van der Waals surface area contributed by atoms with E-state index in [0.717, 1.165) is 16.5 Å². The van der Waals surface area contributed by atoms with Gasteiger partial charge in [-0.2, -0.15) is 0 Å². The lowest BCUT2D eigenvalue weighted by atomic mass is 10.1. The Morgan fingerprint density at radius 1 is 1.42 bits per heavy atom. The zero-order chi connectivity index (χ0) is 14.0. The van der Waals surface area contributed by atoms with Gasteiger partial charge in [0, 0.05) is 16.6 Å². The Balaban J connectivity index is 2.70. The number of aryl methyl sites for hydroxylation is 1. The van der Waals surface area contributed by atoms with E-state index in [2.05, 4.69) is 4.98 Å². The van der Waals surface area contributed by atoms with E-state index >= 15 is 0 Å². The number of carbonyl (C=O) groups excluding carboxylic acids is 1. The third kappa shape index (κ3) is 2.36. The molecule has 100 valence electrons. The smallest absolute Gasteiger partial charge is 0.343 e. The first-order valence-electron chi connectivity index (χ1n) is 5.89. The zero-order valence-electron chi connectivity index (χ0n) is 11.0. The molecule has 0 bridgehead atoms. The van der Waals surface area contributed by atoms with Gasteiger partial charge in [-0.1, -0.05) is 11.6 Å². The lowest BCUT2D eigenvalue weighted by Gasteiger charge is -2.12. The lowest BCUT2D eigenvalue weighted by molar-refractivity contribution is 0.0522. The molecule has 0 saturated heterocycles. The van der Waals surface area contributed by atoms with Crippen LogP contribution in [-0.4, -0.2) is 24.7 Å². The van der Waals surface area contributed by atoms with Crippen LogP contribution in [0.3, 0.4) is 0 Å². The fourth-order valence-corrected chi connectivity index (χ4v) is 2.08. The summed E-state index contributed by atoms with van der Waals surface area (Å²) in [5, 5.41) is 1.38. The number of hydrogen-bond donors (Lipinski definition) is 0. The Morgan fingerprint density at radius 3 is 2.79 bits per heavy atom. The van der Waals surface area contributed by atoms with Crippen molar-refractivity contribution in [3.8, 4) is 5.75 Å². The fourth-order valence-electron chi connectivity index (χ4n) is 1.93. The molecule has 0 radical (unpaired) electrons. The van der Waals surface area contributed by atoms with Crippen LogP contribution < -0.4 is 4.74 Å². The van der Waals surface area contributed by atoms with Crippen LogP contribution in [-0.2, 0) is 4.74 Å². The van der Waals surface area contributed by atoms with Crippen LogP contribution in [0.2, 0.25) is 5.02 Å². The molecule has 0 amide bonds. The summed E-state index contributed by atoms with van der Waals surface area (Å²) in [6.07, 6.45) is 1.46. The van der Waals surface area contributed by atoms with Gasteiger partial charge in [-0.25, -0.2) is 4.79 Å². The van der Waals surface area contributed by atoms with Crippen LogP contribution in [0.1, 0.15) is 22.8 Å². The fraction of sp³-hybridized carbons (Fsp3) is 0.286. The molecule has 0 atom stereocenters. The summed E-state index contributed by atoms with van der Waals surface area (Å²) in [6, 6.07) is 3.55. The number of pyridine rings is 1. The average Bonchev–Trinajstić information content (AvgIpc) is 2.41. The lowest BCUT2D eigenvalue weighted by Crippen LogP contribution is -2.08. The largest absolute Gasteiger partial charge is 0.495 e. The summed E-state index contributed by atoms with van der Waals surface area (Å²) in [7, 11) is 1.52. The van der Waals surface area contributed by atoms with E-state index in [4.69, 9.17) is 21.1 Å². The second-order valence-electron chi connectivity index (χ2n) is 3.99. The summed E-state index contributed by atoms with van der Waals surface area (Å²) < 4.78 is 10.3. The first kappa shape index (κ1) is 13.6. The number of esters is 1. The number of rotatable bonds is 3. The highest BCUT2D eigenvalue weighted by Gasteiger charge is 2.18. The number of fused-ring (bicyclic) bond motifs is 1. The van der Waals surface area contributed by atoms with Gasteiger partial charge in [0.2, 0.25) is 0 Å². The van der Waals surface area contributed by atoms with E-state index in [1.165, 1.54) is 13.3 Å². The van der Waals surface area contributed by atoms with Crippen LogP contribution in [0.4, 0.5) is 0 Å². The number of hydrogen-bond acceptors (Lipinski definition) is 4. The van der Waals surface area contributed by atoms with Crippen molar-refractivity contribution in [3.63, 3.8) is 0 Å². The maximum atomic E-state index is 11.9. The summed E-state index contributed by atoms with van der Waals surface area (Å²) in [5.74, 6) is 0.0181. The highest BCUT2D eigenvalue weighted by Crippen LogP contribution is 2.32. The number of ether oxygens (including phenoxy) is 2. The Morgan fingerprint density at radius 2 is 2.16 bits per heavy atom. The molecule has 0 saturated carbocycles. The molecule has 0 unspecified atom stereocenters. The Hall–Kier alpha value is -1.81. The molecule has 2 rings (SSSR count). The predicted octanol–water partition coefficient (Wildman–Crippen LogP) is 3.38. The van der Waals surface area contributed by atoms with Crippen LogP contribution in [0.25, 0.3) is 10.9 Å². The van der Waals surface area contributed by atoms with Crippen molar-refractivity contribution in [3.05, 3.63) is 34.5 Å². The molecule has 0 fully saturated rings. The Labute approximate surface area is 116 Å². The van der Waals surface area contributed by atoms with Gasteiger partial charge in [0.25, 0.3) is 0 Å². The number of nitrogens with zero attached hydrogens (tertiary/aromatic N) is 1. The molecule has 0 aliphatic carbocycles. The molecule has 0 spiro atoms. The molecule has 2 aromatic rings. The summed E-state index contributed by atoms with van der Waals surface area (Å²) in [4.78, 5) is 16.1. The Kier molecular flexibility index (Phi) is 3.90. The minimum absolute atomic E-state index is 0.305. The van der Waals surface area contributed by atoms with E-state index < -0.39 is 5.97 Å². The molecular weight excluding hydrogens is 266 g/mol. The molecule has 0 N–H and O–H groups in total. The van der Waals surface area contributed by atoms with Gasteiger partial charge in [0.15, 0.2) is 0 Å². The van der Waals surface area contributed by atoms with Crippen molar-refractivity contribution in [2.24, 2.45) is 0 Å². The van der Waals surface area contributed by atoms with E-state index in [-0.39, 0.29) is 0 Å². The van der Waals surface area contributed by atoms with Crippen molar-refractivity contribution in [1.82, 2.24) is 4.98 Å². The second-order valence-corrected chi connectivity index (χ2v) is 4.40. The van der Waals surface area contributed by atoms with E-state index in [9.17, 15) is 4.79 Å². The van der Waals surface area contributed by atoms with E-state index in [1.54, 1.807) is 19.1 Å². The monoisotopic (exact) mass is 279 g/mol. The molecule has 1 heterocycles. The van der Waals surface area contributed by atoms with Crippen LogP contribution in [0.15, 0.2) is 18.3 Å². The molecule has 19 heavy (non-hydrogen) atoms. The number of benzene rings is 1. The highest BCUT2D eigenvalue weighted by atomic mass is 35.5. The Bertz CT molecular complexity index is 640. The van der Waals surface area contributed by atoms with Gasteiger partial charge < -0.3 is 9.47 Å². The molecule has 4 nitrogen and oxygen atoms in total. The standard InChI is InChI=1S/C14H14ClNO3/c1-4-19-14(17)10-7-16-12-8(2)11(15)6-5-9(12)13(10)18-3/h5-7H,4H2,1-3H3. The molecular formula is C14H14ClNO3. The van der Waals surface area contributed by atoms with Gasteiger partial charge in [-0.3, -0.25) is 4.98 Å². The van der Waals surface area contributed by atoms with Crippen LogP contribution >= 0.6 is 11.6 Å². The second kappa shape index (κ2) is 5.45. The number of halogens is 1. The highest BCUT2D eigenvalue weighted by molar-refractivity contribution is 6.32. The topological polar surface area (TPSA) is 48.4 Å². The van der Waals surface area contributed by atoms with Gasteiger partial charge in [0.05, 0.1) is 19.2 Å². The van der Waals surface area contributed by atoms with Gasteiger partial charge in [-0.15, -0.1) is 0 Å². The van der Waals surface area contributed by atoms with Gasteiger partial charge in [0.1, 0.15) is 11.3 Å². The third-order valence-corrected chi connectivity index (χ3v) is 3.29. The van der Waals surface area contributed by atoms with Crippen molar-refractivity contribution >= 4 is 28.5 Å². The molecule has 0 aliphatic heterocycles. The minimum atomic E-state index is -0.443. The maximum absolute atomic E-state index is 11.9. The first-order valence-corrected chi connectivity index (χ1v) is 6.26. The number of carbonyl (C=O) groups is 1. The number of aromatic nitrogens is 1. The van der Waals surface area contributed by atoms with Crippen molar-refractivity contribution in [2.75, 3.05) is 13.7 Å². The van der Waals surface area contributed by atoms with E-state index in [0.29, 0.717) is 22.9 Å². The SMILES string of the molecule is CCOC(=O)c1cnc2c(C)c(Cl)ccc2c1OC. The van der Waals surface area contributed by atoms with Crippen LogP contribution in [0, 0.1) is 6.92 Å². The minimum Gasteiger partial charge on any atom is -0.495 e. The quantitative estimate of drug-likeness (QED) is 0.808.